The zero-order valence-corrected chi connectivity index (χ0v) is 10.1. The SMILES string of the molecule is NC(=O)c1cc(Sc2nccs2)c(F)cc1N. The van der Waals surface area contributed by atoms with Crippen LogP contribution < -0.4 is 11.5 Å². The first-order valence-corrected chi connectivity index (χ1v) is 6.23. The number of rotatable bonds is 3. The summed E-state index contributed by atoms with van der Waals surface area (Å²) in [5.74, 6) is -1.17. The molecule has 7 heteroatoms. The van der Waals surface area contributed by atoms with Gasteiger partial charge in [-0.2, -0.15) is 0 Å². The zero-order chi connectivity index (χ0) is 12.4. The zero-order valence-electron chi connectivity index (χ0n) is 8.51. The summed E-state index contributed by atoms with van der Waals surface area (Å²) in [6, 6.07) is 2.44. The molecule has 2 rings (SSSR count). The number of halogens is 1. The van der Waals surface area contributed by atoms with Crippen molar-refractivity contribution in [1.29, 1.82) is 0 Å². The van der Waals surface area contributed by atoms with Crippen LogP contribution in [0.3, 0.4) is 0 Å². The number of carbonyl (C=O) groups is 1. The summed E-state index contributed by atoms with van der Waals surface area (Å²) in [7, 11) is 0. The van der Waals surface area contributed by atoms with Gasteiger partial charge in [-0.15, -0.1) is 11.3 Å². The fraction of sp³-hybridized carbons (Fsp3) is 0. The molecule has 88 valence electrons. The lowest BCUT2D eigenvalue weighted by atomic mass is 10.1. The Balaban J connectivity index is 2.40. The van der Waals surface area contributed by atoms with Crippen LogP contribution in [0, 0.1) is 5.82 Å². The predicted octanol–water partition coefficient (Wildman–Crippen LogP) is 2.11. The summed E-state index contributed by atoms with van der Waals surface area (Å²) < 4.78 is 14.3. The van der Waals surface area contributed by atoms with E-state index in [4.69, 9.17) is 11.5 Å². The van der Waals surface area contributed by atoms with Crippen molar-refractivity contribution in [2.45, 2.75) is 9.24 Å². The number of anilines is 1. The van der Waals surface area contributed by atoms with Crippen molar-refractivity contribution in [2.75, 3.05) is 5.73 Å². The van der Waals surface area contributed by atoms with Crippen LogP contribution >= 0.6 is 23.1 Å². The second-order valence-corrected chi connectivity index (χ2v) is 5.32. The molecule has 4 nitrogen and oxygen atoms in total. The molecule has 0 saturated carbocycles. The summed E-state index contributed by atoms with van der Waals surface area (Å²) in [6.07, 6.45) is 1.62. The molecule has 2 aromatic rings. The normalized spacial score (nSPS) is 10.4. The van der Waals surface area contributed by atoms with E-state index in [1.54, 1.807) is 11.6 Å². The first kappa shape index (κ1) is 11.9. The van der Waals surface area contributed by atoms with E-state index in [0.29, 0.717) is 4.34 Å². The van der Waals surface area contributed by atoms with Crippen molar-refractivity contribution in [3.05, 3.63) is 35.1 Å². The Kier molecular flexibility index (Phi) is 3.30. The van der Waals surface area contributed by atoms with Gasteiger partial charge in [0.2, 0.25) is 0 Å². The molecule has 1 aromatic heterocycles. The lowest BCUT2D eigenvalue weighted by Crippen LogP contribution is -2.14. The molecular formula is C10H8FN3OS2. The Morgan fingerprint density at radius 2 is 2.24 bits per heavy atom. The van der Waals surface area contributed by atoms with Gasteiger partial charge in [-0.05, 0) is 12.1 Å². The van der Waals surface area contributed by atoms with E-state index in [0.717, 1.165) is 17.8 Å². The van der Waals surface area contributed by atoms with Gasteiger partial charge in [-0.25, -0.2) is 9.37 Å². The quantitative estimate of drug-likeness (QED) is 0.836. The van der Waals surface area contributed by atoms with Crippen molar-refractivity contribution < 1.29 is 9.18 Å². The van der Waals surface area contributed by atoms with Crippen molar-refractivity contribution in [2.24, 2.45) is 5.73 Å². The molecule has 1 amide bonds. The van der Waals surface area contributed by atoms with E-state index >= 15 is 0 Å². The molecule has 4 N–H and O–H groups in total. The molecule has 0 aliphatic heterocycles. The van der Waals surface area contributed by atoms with E-state index in [9.17, 15) is 9.18 Å². The third kappa shape index (κ3) is 2.56. The number of thiazole rings is 1. The molecule has 0 bridgehead atoms. The molecule has 0 radical (unpaired) electrons. The Bertz CT molecular complexity index is 557. The van der Waals surface area contributed by atoms with Gasteiger partial charge in [0.1, 0.15) is 5.82 Å². The highest BCUT2D eigenvalue weighted by Crippen LogP contribution is 2.33. The number of carbonyl (C=O) groups excluding carboxylic acids is 1. The minimum absolute atomic E-state index is 0.0403. The van der Waals surface area contributed by atoms with E-state index in [1.165, 1.54) is 17.4 Å². The fourth-order valence-electron chi connectivity index (χ4n) is 1.22. The second kappa shape index (κ2) is 4.72. The number of nitrogens with zero attached hydrogens (tertiary/aromatic N) is 1. The van der Waals surface area contributed by atoms with Gasteiger partial charge in [0, 0.05) is 17.3 Å². The highest BCUT2D eigenvalue weighted by molar-refractivity contribution is 8.01. The predicted molar refractivity (Wildman–Crippen MR) is 65.6 cm³/mol. The molecule has 1 aromatic carbocycles. The van der Waals surface area contributed by atoms with Crippen LogP contribution in [0.4, 0.5) is 10.1 Å². The number of aromatic nitrogens is 1. The molecule has 17 heavy (non-hydrogen) atoms. The standard InChI is InChI=1S/C10H8FN3OS2/c11-6-4-7(12)5(9(13)15)3-8(6)17-10-14-1-2-16-10/h1-4H,12H2,(H2,13,15). The Labute approximate surface area is 105 Å². The maximum absolute atomic E-state index is 13.6. The molecule has 0 saturated heterocycles. The Morgan fingerprint density at radius 3 is 2.82 bits per heavy atom. The summed E-state index contributed by atoms with van der Waals surface area (Å²) in [5, 5.41) is 1.78. The highest BCUT2D eigenvalue weighted by atomic mass is 32.2. The fourth-order valence-corrected chi connectivity index (χ4v) is 2.84. The van der Waals surface area contributed by atoms with Gasteiger partial charge in [0.15, 0.2) is 4.34 Å². The number of primary amides is 1. The van der Waals surface area contributed by atoms with Crippen molar-refractivity contribution in [1.82, 2.24) is 4.98 Å². The molecule has 0 aliphatic rings. The number of nitrogen functional groups attached to an aromatic ring is 1. The van der Waals surface area contributed by atoms with E-state index in [-0.39, 0.29) is 16.1 Å². The number of hydrogen-bond acceptors (Lipinski definition) is 5. The molecule has 1 heterocycles. The lowest BCUT2D eigenvalue weighted by Gasteiger charge is -2.06. The van der Waals surface area contributed by atoms with Gasteiger partial charge in [0.05, 0.1) is 10.5 Å². The summed E-state index contributed by atoms with van der Waals surface area (Å²) in [6.45, 7) is 0. The number of benzene rings is 1. The highest BCUT2D eigenvalue weighted by Gasteiger charge is 2.13. The van der Waals surface area contributed by atoms with Crippen LogP contribution in [0.1, 0.15) is 10.4 Å². The number of amides is 1. The van der Waals surface area contributed by atoms with Gasteiger partial charge in [-0.3, -0.25) is 4.79 Å². The molecule has 0 fully saturated rings. The summed E-state index contributed by atoms with van der Waals surface area (Å²) in [4.78, 5) is 15.4. The maximum Gasteiger partial charge on any atom is 0.250 e. The minimum Gasteiger partial charge on any atom is -0.398 e. The van der Waals surface area contributed by atoms with Crippen LogP contribution in [0.25, 0.3) is 0 Å². The molecule has 0 spiro atoms. The van der Waals surface area contributed by atoms with Crippen molar-refractivity contribution in [3.8, 4) is 0 Å². The molecule has 0 atom stereocenters. The summed E-state index contributed by atoms with van der Waals surface area (Å²) >= 11 is 2.51. The topological polar surface area (TPSA) is 82.0 Å². The first-order chi connectivity index (χ1) is 8.08. The van der Waals surface area contributed by atoms with Crippen LogP contribution in [-0.2, 0) is 0 Å². The van der Waals surface area contributed by atoms with E-state index in [2.05, 4.69) is 4.98 Å². The monoisotopic (exact) mass is 269 g/mol. The summed E-state index contributed by atoms with van der Waals surface area (Å²) in [5.41, 5.74) is 10.8. The first-order valence-electron chi connectivity index (χ1n) is 4.54. The van der Waals surface area contributed by atoms with Crippen LogP contribution in [0.5, 0.6) is 0 Å². The van der Waals surface area contributed by atoms with E-state index < -0.39 is 11.7 Å². The largest absolute Gasteiger partial charge is 0.398 e. The third-order valence-electron chi connectivity index (χ3n) is 1.98. The van der Waals surface area contributed by atoms with Crippen LogP contribution in [0.2, 0.25) is 0 Å². The number of nitrogens with two attached hydrogens (primary N) is 2. The lowest BCUT2D eigenvalue weighted by molar-refractivity contribution is 0.100. The average Bonchev–Trinajstić information content (AvgIpc) is 2.74. The maximum atomic E-state index is 13.6. The number of hydrogen-bond donors (Lipinski definition) is 2. The van der Waals surface area contributed by atoms with Gasteiger partial charge in [-0.1, -0.05) is 11.8 Å². The van der Waals surface area contributed by atoms with Gasteiger partial charge in [0.25, 0.3) is 5.91 Å². The average molecular weight is 269 g/mol. The Hall–Kier alpha value is -1.60. The van der Waals surface area contributed by atoms with Crippen LogP contribution in [-0.4, -0.2) is 10.9 Å². The molecule has 0 aliphatic carbocycles. The molecular weight excluding hydrogens is 261 g/mol. The second-order valence-electron chi connectivity index (χ2n) is 3.13. The van der Waals surface area contributed by atoms with Gasteiger partial charge < -0.3 is 11.5 Å². The van der Waals surface area contributed by atoms with Gasteiger partial charge >= 0.3 is 0 Å². The Morgan fingerprint density at radius 1 is 1.47 bits per heavy atom. The third-order valence-corrected chi connectivity index (χ3v) is 3.89. The minimum atomic E-state index is -0.677. The molecule has 0 unspecified atom stereocenters. The van der Waals surface area contributed by atoms with E-state index in [1.807, 2.05) is 0 Å². The van der Waals surface area contributed by atoms with Crippen molar-refractivity contribution >= 4 is 34.7 Å². The van der Waals surface area contributed by atoms with Crippen LogP contribution in [0.15, 0.2) is 32.9 Å². The smallest absolute Gasteiger partial charge is 0.250 e. The van der Waals surface area contributed by atoms with Crippen molar-refractivity contribution in [3.63, 3.8) is 0 Å².